The van der Waals surface area contributed by atoms with Gasteiger partial charge in [-0.1, -0.05) is 29.8 Å². The van der Waals surface area contributed by atoms with E-state index in [4.69, 9.17) is 11.6 Å². The highest BCUT2D eigenvalue weighted by Gasteiger charge is 2.11. The third kappa shape index (κ3) is 2.76. The van der Waals surface area contributed by atoms with E-state index in [1.807, 2.05) is 23.6 Å². The maximum atomic E-state index is 11.9. The van der Waals surface area contributed by atoms with Crippen molar-refractivity contribution in [3.8, 4) is 11.4 Å². The fourth-order valence-electron chi connectivity index (χ4n) is 1.70. The molecule has 0 aliphatic rings. The summed E-state index contributed by atoms with van der Waals surface area (Å²) < 4.78 is 0. The van der Waals surface area contributed by atoms with Crippen LogP contribution in [0.4, 0.5) is 0 Å². The van der Waals surface area contributed by atoms with E-state index in [1.54, 1.807) is 18.2 Å². The summed E-state index contributed by atoms with van der Waals surface area (Å²) in [6.45, 7) is 0.0775. The molecule has 0 fully saturated rings. The average molecular weight is 305 g/mol. The fourth-order valence-corrected chi connectivity index (χ4v) is 2.54. The van der Waals surface area contributed by atoms with Crippen molar-refractivity contribution in [3.63, 3.8) is 0 Å². The minimum atomic E-state index is -0.0324. The first kappa shape index (κ1) is 13.0. The van der Waals surface area contributed by atoms with Gasteiger partial charge in [0, 0.05) is 10.6 Å². The molecule has 0 unspecified atom stereocenters. The summed E-state index contributed by atoms with van der Waals surface area (Å²) in [6.07, 6.45) is 0. The molecular formula is C13H9ClN4OS. The van der Waals surface area contributed by atoms with Crippen LogP contribution < -0.4 is 0 Å². The number of thiophene rings is 1. The molecule has 0 radical (unpaired) electrons. The SMILES string of the molecule is O=C(Cn1nnc(-c2cccc(Cl)c2)n1)c1cccs1. The molecule has 0 amide bonds. The molecule has 0 saturated carbocycles. The van der Waals surface area contributed by atoms with Crippen LogP contribution >= 0.6 is 22.9 Å². The minimum Gasteiger partial charge on any atom is -0.291 e. The molecule has 1 aromatic carbocycles. The molecule has 0 saturated heterocycles. The van der Waals surface area contributed by atoms with Gasteiger partial charge in [0.25, 0.3) is 0 Å². The maximum absolute atomic E-state index is 11.9. The predicted molar refractivity (Wildman–Crippen MR) is 76.9 cm³/mol. The number of tetrazole rings is 1. The third-order valence-electron chi connectivity index (χ3n) is 2.62. The van der Waals surface area contributed by atoms with Gasteiger partial charge in [0.15, 0.2) is 5.78 Å². The summed E-state index contributed by atoms with van der Waals surface area (Å²) in [4.78, 5) is 13.9. The number of rotatable bonds is 4. The average Bonchev–Trinajstić information content (AvgIpc) is 3.10. The Morgan fingerprint density at radius 1 is 1.30 bits per heavy atom. The maximum Gasteiger partial charge on any atom is 0.204 e. The van der Waals surface area contributed by atoms with Crippen LogP contribution in [0.2, 0.25) is 5.02 Å². The first-order valence-corrected chi connectivity index (χ1v) is 7.08. The molecule has 5 nitrogen and oxygen atoms in total. The van der Waals surface area contributed by atoms with Crippen molar-refractivity contribution in [2.24, 2.45) is 0 Å². The van der Waals surface area contributed by atoms with Gasteiger partial charge in [0.2, 0.25) is 5.82 Å². The molecule has 0 aliphatic carbocycles. The van der Waals surface area contributed by atoms with Gasteiger partial charge in [0.1, 0.15) is 6.54 Å². The largest absolute Gasteiger partial charge is 0.291 e. The zero-order valence-corrected chi connectivity index (χ0v) is 11.8. The summed E-state index contributed by atoms with van der Waals surface area (Å²) in [6, 6.07) is 10.8. The van der Waals surface area contributed by atoms with Crippen LogP contribution in [-0.4, -0.2) is 26.0 Å². The number of nitrogens with zero attached hydrogens (tertiary/aromatic N) is 4. The molecule has 20 heavy (non-hydrogen) atoms. The lowest BCUT2D eigenvalue weighted by atomic mass is 10.2. The van der Waals surface area contributed by atoms with E-state index in [1.165, 1.54) is 16.1 Å². The van der Waals surface area contributed by atoms with Gasteiger partial charge in [-0.05, 0) is 28.8 Å². The molecule has 0 bridgehead atoms. The number of halogens is 1. The molecule has 2 heterocycles. The van der Waals surface area contributed by atoms with Crippen molar-refractivity contribution in [2.75, 3.05) is 0 Å². The molecule has 0 spiro atoms. The molecule has 0 N–H and O–H groups in total. The van der Waals surface area contributed by atoms with Gasteiger partial charge in [-0.2, -0.15) is 4.80 Å². The van der Waals surface area contributed by atoms with Gasteiger partial charge in [-0.3, -0.25) is 4.79 Å². The highest BCUT2D eigenvalue weighted by Crippen LogP contribution is 2.18. The number of ketones is 1. The Morgan fingerprint density at radius 2 is 2.20 bits per heavy atom. The van der Waals surface area contributed by atoms with Crippen molar-refractivity contribution < 1.29 is 4.79 Å². The Balaban J connectivity index is 1.79. The van der Waals surface area contributed by atoms with Crippen molar-refractivity contribution >= 4 is 28.7 Å². The van der Waals surface area contributed by atoms with E-state index in [0.717, 1.165) is 5.56 Å². The van der Waals surface area contributed by atoms with Crippen LogP contribution in [0.25, 0.3) is 11.4 Å². The number of carbonyl (C=O) groups is 1. The topological polar surface area (TPSA) is 60.7 Å². The highest BCUT2D eigenvalue weighted by atomic mass is 35.5. The van der Waals surface area contributed by atoms with Crippen LogP contribution in [0.5, 0.6) is 0 Å². The van der Waals surface area contributed by atoms with Crippen molar-refractivity contribution in [1.82, 2.24) is 20.2 Å². The van der Waals surface area contributed by atoms with Crippen LogP contribution in [0, 0.1) is 0 Å². The first-order valence-electron chi connectivity index (χ1n) is 5.83. The second-order valence-corrected chi connectivity index (χ2v) is 5.44. The second kappa shape index (κ2) is 5.52. The quantitative estimate of drug-likeness (QED) is 0.695. The molecule has 100 valence electrons. The third-order valence-corrected chi connectivity index (χ3v) is 3.76. The second-order valence-electron chi connectivity index (χ2n) is 4.05. The molecule has 3 aromatic rings. The van der Waals surface area contributed by atoms with Gasteiger partial charge >= 0.3 is 0 Å². The molecular weight excluding hydrogens is 296 g/mol. The van der Waals surface area contributed by atoms with Gasteiger partial charge in [-0.15, -0.1) is 21.5 Å². The lowest BCUT2D eigenvalue weighted by Crippen LogP contribution is -2.12. The Hall–Kier alpha value is -2.05. The zero-order chi connectivity index (χ0) is 13.9. The normalized spacial score (nSPS) is 10.7. The van der Waals surface area contributed by atoms with Crippen LogP contribution in [0.1, 0.15) is 9.67 Å². The van der Waals surface area contributed by atoms with Crippen LogP contribution in [-0.2, 0) is 6.54 Å². The van der Waals surface area contributed by atoms with E-state index in [-0.39, 0.29) is 12.3 Å². The number of aromatic nitrogens is 4. The Morgan fingerprint density at radius 3 is 2.95 bits per heavy atom. The van der Waals surface area contributed by atoms with E-state index in [9.17, 15) is 4.79 Å². The van der Waals surface area contributed by atoms with Gasteiger partial charge in [-0.25, -0.2) is 0 Å². The summed E-state index contributed by atoms with van der Waals surface area (Å²) in [5, 5.41) is 14.5. The molecule has 2 aromatic heterocycles. The monoisotopic (exact) mass is 304 g/mol. The van der Waals surface area contributed by atoms with Crippen LogP contribution in [0.15, 0.2) is 41.8 Å². The Bertz CT molecular complexity index is 738. The standard InChI is InChI=1S/C13H9ClN4OS/c14-10-4-1-3-9(7-10)13-15-17-18(16-13)8-11(19)12-5-2-6-20-12/h1-7H,8H2. The van der Waals surface area contributed by atoms with Crippen molar-refractivity contribution in [1.29, 1.82) is 0 Å². The highest BCUT2D eigenvalue weighted by molar-refractivity contribution is 7.12. The molecule has 7 heteroatoms. The van der Waals surface area contributed by atoms with Crippen LogP contribution in [0.3, 0.4) is 0 Å². The first-order chi connectivity index (χ1) is 9.72. The van der Waals surface area contributed by atoms with E-state index in [0.29, 0.717) is 15.7 Å². The Kier molecular flexibility index (Phi) is 3.58. The van der Waals surface area contributed by atoms with E-state index in [2.05, 4.69) is 15.4 Å². The lowest BCUT2D eigenvalue weighted by molar-refractivity contribution is 0.0965. The minimum absolute atomic E-state index is 0.0324. The van der Waals surface area contributed by atoms with Crippen molar-refractivity contribution in [3.05, 3.63) is 51.7 Å². The predicted octanol–water partition coefficient (Wildman–Crippen LogP) is 2.94. The number of Topliss-reactive ketones (excluding diaryl/α,β-unsaturated/α-hetero) is 1. The van der Waals surface area contributed by atoms with Crippen molar-refractivity contribution in [2.45, 2.75) is 6.54 Å². The molecule has 0 aliphatic heterocycles. The van der Waals surface area contributed by atoms with E-state index >= 15 is 0 Å². The number of hydrogen-bond acceptors (Lipinski definition) is 5. The fraction of sp³-hybridized carbons (Fsp3) is 0.0769. The Labute approximate surface area is 123 Å². The molecule has 0 atom stereocenters. The van der Waals surface area contributed by atoms with Gasteiger partial charge < -0.3 is 0 Å². The number of hydrogen-bond donors (Lipinski definition) is 0. The zero-order valence-electron chi connectivity index (χ0n) is 10.2. The summed E-state index contributed by atoms with van der Waals surface area (Å²) in [5.74, 6) is 0.418. The van der Waals surface area contributed by atoms with E-state index < -0.39 is 0 Å². The summed E-state index contributed by atoms with van der Waals surface area (Å²) in [7, 11) is 0. The number of benzene rings is 1. The lowest BCUT2D eigenvalue weighted by Gasteiger charge is -1.96. The summed E-state index contributed by atoms with van der Waals surface area (Å²) >= 11 is 7.32. The molecule has 3 rings (SSSR count). The smallest absolute Gasteiger partial charge is 0.204 e. The van der Waals surface area contributed by atoms with Gasteiger partial charge in [0.05, 0.1) is 4.88 Å². The number of carbonyl (C=O) groups excluding carboxylic acids is 1. The summed E-state index contributed by atoms with van der Waals surface area (Å²) in [5.41, 5.74) is 0.771.